The Balaban J connectivity index is 1.26. The molecule has 4 atom stereocenters. The van der Waals surface area contributed by atoms with Crippen LogP contribution in [0.1, 0.15) is 85.0 Å². The predicted molar refractivity (Wildman–Crippen MR) is 179 cm³/mol. The van der Waals surface area contributed by atoms with E-state index in [4.69, 9.17) is 28.2 Å². The number of carboxylic acids is 1. The molecule has 1 aromatic heterocycles. The van der Waals surface area contributed by atoms with Crippen molar-refractivity contribution in [3.63, 3.8) is 0 Å². The van der Waals surface area contributed by atoms with Gasteiger partial charge in [-0.2, -0.15) is 0 Å². The average Bonchev–Trinajstić information content (AvgIpc) is 3.59. The molecule has 2 heterocycles. The molecular weight excluding hydrogens is 616 g/mol. The minimum atomic E-state index is -0.774. The Morgan fingerprint density at radius 3 is 2.55 bits per heavy atom. The summed E-state index contributed by atoms with van der Waals surface area (Å²) in [5.41, 5.74) is 3.28. The lowest BCUT2D eigenvalue weighted by atomic mass is 9.87. The molecule has 0 spiro atoms. The number of benzene rings is 2. The van der Waals surface area contributed by atoms with Crippen molar-refractivity contribution in [1.82, 2.24) is 14.8 Å². The highest BCUT2D eigenvalue weighted by atomic mass is 35.5. The largest absolute Gasteiger partial charge is 0.480 e. The Morgan fingerprint density at radius 2 is 1.91 bits per heavy atom. The summed E-state index contributed by atoms with van der Waals surface area (Å²) in [6.07, 6.45) is 5.57. The van der Waals surface area contributed by atoms with E-state index < -0.39 is 12.0 Å². The van der Waals surface area contributed by atoms with Gasteiger partial charge in [-0.05, 0) is 111 Å². The van der Waals surface area contributed by atoms with E-state index in [2.05, 4.69) is 16.7 Å². The Labute approximate surface area is 275 Å². The van der Waals surface area contributed by atoms with Crippen molar-refractivity contribution >= 4 is 40.5 Å². The molecule has 5 nitrogen and oxygen atoms in total. The number of carboxylic acid groups (broad SMARTS) is 1. The molecule has 1 saturated heterocycles. The van der Waals surface area contributed by atoms with Crippen molar-refractivity contribution in [3.8, 4) is 0 Å². The predicted octanol–water partition coefficient (Wildman–Crippen LogP) is 8.53. The molecule has 5 rings (SSSR count). The molecule has 1 saturated carbocycles. The van der Waals surface area contributed by atoms with Crippen molar-refractivity contribution in [2.45, 2.75) is 83.2 Å². The number of aromatic nitrogens is 1. The van der Waals surface area contributed by atoms with Crippen LogP contribution >= 0.6 is 34.5 Å². The lowest BCUT2D eigenvalue weighted by Crippen LogP contribution is -2.47. The zero-order chi connectivity index (χ0) is 31.5. The summed E-state index contributed by atoms with van der Waals surface area (Å²) in [7, 11) is 1.95. The first kappa shape index (κ1) is 33.3. The van der Waals surface area contributed by atoms with Crippen molar-refractivity contribution in [3.05, 3.63) is 85.0 Å². The highest BCUT2D eigenvalue weighted by Crippen LogP contribution is 2.44. The zero-order valence-corrected chi connectivity index (χ0v) is 28.4. The summed E-state index contributed by atoms with van der Waals surface area (Å²) in [5, 5.41) is 12.4. The number of hydrogen-bond acceptors (Lipinski definition) is 5. The second kappa shape index (κ2) is 14.6. The van der Waals surface area contributed by atoms with E-state index in [1.807, 2.05) is 50.4 Å². The lowest BCUT2D eigenvalue weighted by molar-refractivity contribution is -0.145. The molecule has 238 valence electrons. The van der Waals surface area contributed by atoms with Crippen LogP contribution in [-0.2, 0) is 17.6 Å². The Bertz CT molecular complexity index is 1440. The van der Waals surface area contributed by atoms with Crippen LogP contribution < -0.4 is 0 Å². The molecule has 0 bridgehead atoms. The van der Waals surface area contributed by atoms with Crippen molar-refractivity contribution in [2.75, 3.05) is 26.7 Å². The summed E-state index contributed by atoms with van der Waals surface area (Å²) < 4.78 is 14.3. The fourth-order valence-corrected chi connectivity index (χ4v) is 9.35. The molecule has 1 aliphatic heterocycles. The second-order valence-corrected chi connectivity index (χ2v) is 15.0. The van der Waals surface area contributed by atoms with E-state index >= 15 is 0 Å². The van der Waals surface area contributed by atoms with Gasteiger partial charge in [-0.25, -0.2) is 9.37 Å². The van der Waals surface area contributed by atoms with E-state index in [1.165, 1.54) is 16.6 Å². The van der Waals surface area contributed by atoms with Gasteiger partial charge >= 0.3 is 5.97 Å². The van der Waals surface area contributed by atoms with Crippen LogP contribution in [0.15, 0.2) is 42.5 Å². The fraction of sp³-hybridized carbons (Fsp3) is 0.543. The number of rotatable bonds is 11. The van der Waals surface area contributed by atoms with Crippen LogP contribution in [0.2, 0.25) is 10.0 Å². The number of aryl methyl sites for hydroxylation is 1. The van der Waals surface area contributed by atoms with Gasteiger partial charge in [0.05, 0.1) is 10.7 Å². The summed E-state index contributed by atoms with van der Waals surface area (Å²) in [4.78, 5) is 23.2. The van der Waals surface area contributed by atoms with Crippen molar-refractivity contribution in [1.29, 1.82) is 0 Å². The van der Waals surface area contributed by atoms with Crippen LogP contribution in [0.5, 0.6) is 0 Å². The first-order valence-corrected chi connectivity index (χ1v) is 17.5. The normalized spacial score (nSPS) is 22.2. The van der Waals surface area contributed by atoms with Gasteiger partial charge in [0.2, 0.25) is 0 Å². The van der Waals surface area contributed by atoms with Gasteiger partial charge in [-0.1, -0.05) is 62.2 Å². The van der Waals surface area contributed by atoms with Gasteiger partial charge in [-0.15, -0.1) is 11.3 Å². The van der Waals surface area contributed by atoms with Gasteiger partial charge in [0.25, 0.3) is 0 Å². The third kappa shape index (κ3) is 7.67. The average molecular weight is 661 g/mol. The van der Waals surface area contributed by atoms with Gasteiger partial charge < -0.3 is 10.0 Å². The molecule has 1 N–H and O–H groups in total. The van der Waals surface area contributed by atoms with Crippen molar-refractivity contribution < 1.29 is 14.3 Å². The number of hydrogen-bond donors (Lipinski definition) is 1. The molecule has 2 aliphatic rings. The van der Waals surface area contributed by atoms with Gasteiger partial charge in [-0.3, -0.25) is 9.69 Å². The van der Waals surface area contributed by atoms with Gasteiger partial charge in [0.1, 0.15) is 11.9 Å². The lowest BCUT2D eigenvalue weighted by Gasteiger charge is -2.35. The van der Waals surface area contributed by atoms with E-state index in [9.17, 15) is 14.3 Å². The minimum absolute atomic E-state index is 0.00615. The van der Waals surface area contributed by atoms with Gasteiger partial charge in [0.15, 0.2) is 0 Å². The van der Waals surface area contributed by atoms with E-state index in [1.54, 1.807) is 18.2 Å². The summed E-state index contributed by atoms with van der Waals surface area (Å²) >= 11 is 14.4. The highest BCUT2D eigenvalue weighted by Gasteiger charge is 2.42. The monoisotopic (exact) mass is 659 g/mol. The topological polar surface area (TPSA) is 56.7 Å². The zero-order valence-electron chi connectivity index (χ0n) is 26.1. The number of likely N-dealkylation sites (tertiary alicyclic amines) is 1. The third-order valence-electron chi connectivity index (χ3n) is 9.76. The number of halogens is 3. The fourth-order valence-electron chi connectivity index (χ4n) is 7.53. The molecule has 2 aromatic carbocycles. The SMILES string of the molecule is CCc1nc(Cc2ccc(Cl)cc2Cl)sc1C1CCN(CC2CC(N(C)[C@@H](C(=O)O)C(C)C)CC2c2cccc(F)c2)CC1. The van der Waals surface area contributed by atoms with Crippen molar-refractivity contribution in [2.24, 2.45) is 11.8 Å². The third-order valence-corrected chi connectivity index (χ3v) is 11.6. The number of thiazole rings is 1. The van der Waals surface area contributed by atoms with Crippen LogP contribution in [0, 0.1) is 17.7 Å². The number of aliphatic carboxylic acids is 1. The van der Waals surface area contributed by atoms with E-state index in [0.29, 0.717) is 28.3 Å². The smallest absolute Gasteiger partial charge is 0.321 e. The van der Waals surface area contributed by atoms with Gasteiger partial charge in [0, 0.05) is 33.9 Å². The maximum Gasteiger partial charge on any atom is 0.321 e. The second-order valence-electron chi connectivity index (χ2n) is 13.0. The Kier molecular flexibility index (Phi) is 11.1. The van der Waals surface area contributed by atoms with Crippen LogP contribution in [-0.4, -0.2) is 64.6 Å². The molecule has 3 aromatic rings. The summed E-state index contributed by atoms with van der Waals surface area (Å²) in [6.45, 7) is 9.10. The number of carbonyl (C=O) groups is 1. The molecule has 9 heteroatoms. The summed E-state index contributed by atoms with van der Waals surface area (Å²) in [6, 6.07) is 12.3. The van der Waals surface area contributed by atoms with Crippen LogP contribution in [0.25, 0.3) is 0 Å². The van der Waals surface area contributed by atoms with Crippen LogP contribution in [0.3, 0.4) is 0 Å². The number of piperidine rings is 1. The molecule has 44 heavy (non-hydrogen) atoms. The first-order chi connectivity index (χ1) is 21.0. The molecule has 0 amide bonds. The molecule has 2 fully saturated rings. The van der Waals surface area contributed by atoms with E-state index in [0.717, 1.165) is 67.9 Å². The highest BCUT2D eigenvalue weighted by molar-refractivity contribution is 7.11. The molecule has 3 unspecified atom stereocenters. The maximum absolute atomic E-state index is 14.3. The Hall–Kier alpha value is -2.03. The number of likely N-dealkylation sites (N-methyl/N-ethyl adjacent to an activating group) is 1. The summed E-state index contributed by atoms with van der Waals surface area (Å²) in [5.74, 6) is 0.0620. The minimum Gasteiger partial charge on any atom is -0.480 e. The molecule has 0 radical (unpaired) electrons. The number of nitrogens with zero attached hydrogens (tertiary/aromatic N) is 3. The molecular formula is C35H44Cl2FN3O2S. The van der Waals surface area contributed by atoms with E-state index in [-0.39, 0.29) is 23.7 Å². The van der Waals surface area contributed by atoms with Crippen LogP contribution in [0.4, 0.5) is 4.39 Å². The maximum atomic E-state index is 14.3. The standard InChI is InChI=1S/C35H44Cl2FN3O2S/c1-5-31-34(44-32(39-31)17-24-9-10-26(36)18-30(24)37)22-11-13-41(14-12-22)20-25-16-28(40(4)33(21(2)3)35(42)43)19-29(25)23-7-6-8-27(38)15-23/h6-10,15,18,21-22,25,28-29,33H,5,11-14,16-17,19-20H2,1-4H3,(H,42,43)/t25?,28?,29?,33-/m1/s1. The Morgan fingerprint density at radius 1 is 1.16 bits per heavy atom. The first-order valence-electron chi connectivity index (χ1n) is 15.9. The molecule has 1 aliphatic carbocycles. The quantitative estimate of drug-likeness (QED) is 0.224.